The summed E-state index contributed by atoms with van der Waals surface area (Å²) < 4.78 is 18.1. The second kappa shape index (κ2) is 10.4. The van der Waals surface area contributed by atoms with E-state index >= 15 is 0 Å². The molecule has 1 aromatic rings. The van der Waals surface area contributed by atoms with Gasteiger partial charge in [-0.1, -0.05) is 12.1 Å². The zero-order valence-electron chi connectivity index (χ0n) is 17.2. The third kappa shape index (κ3) is 6.41. The maximum atomic E-state index is 13.2. The summed E-state index contributed by atoms with van der Waals surface area (Å²) in [5.74, 6) is -0.688. The molecule has 0 aliphatic carbocycles. The van der Waals surface area contributed by atoms with Crippen molar-refractivity contribution in [1.82, 2.24) is 20.4 Å². The fraction of sp³-hybridized carbons (Fsp3) is 0.571. The molecule has 2 saturated heterocycles. The average Bonchev–Trinajstić information content (AvgIpc) is 2.99. The van der Waals surface area contributed by atoms with Crippen LogP contribution in [0.15, 0.2) is 24.3 Å². The van der Waals surface area contributed by atoms with Gasteiger partial charge in [-0.2, -0.15) is 0 Å². The molecule has 0 bridgehead atoms. The Bertz CT molecular complexity index is 775. The largest absolute Gasteiger partial charge is 0.448 e. The zero-order chi connectivity index (χ0) is 21.5. The van der Waals surface area contributed by atoms with E-state index in [1.807, 2.05) is 18.0 Å². The molecule has 9 heteroatoms. The summed E-state index contributed by atoms with van der Waals surface area (Å²) >= 11 is 0. The van der Waals surface area contributed by atoms with Crippen LogP contribution in [0.2, 0.25) is 0 Å². The van der Waals surface area contributed by atoms with Gasteiger partial charge in [0.25, 0.3) is 0 Å². The van der Waals surface area contributed by atoms with E-state index in [9.17, 15) is 18.8 Å². The number of likely N-dealkylation sites (N-methyl/N-ethyl adjacent to an activating group) is 1. The summed E-state index contributed by atoms with van der Waals surface area (Å²) in [7, 11) is 1.93. The number of likely N-dealkylation sites (tertiary alicyclic amines) is 1. The molecular weight excluding hydrogens is 391 g/mol. The van der Waals surface area contributed by atoms with E-state index in [0.717, 1.165) is 5.56 Å². The first-order valence-electron chi connectivity index (χ1n) is 10.3. The second-order valence-corrected chi connectivity index (χ2v) is 7.97. The highest BCUT2D eigenvalue weighted by molar-refractivity contribution is 5.83. The van der Waals surface area contributed by atoms with Crippen LogP contribution >= 0.6 is 0 Å². The molecule has 0 radical (unpaired) electrons. The molecule has 2 fully saturated rings. The molecule has 2 aliphatic rings. The van der Waals surface area contributed by atoms with E-state index < -0.39 is 6.09 Å². The molecule has 0 aromatic heterocycles. The highest BCUT2D eigenvalue weighted by atomic mass is 19.1. The van der Waals surface area contributed by atoms with Crippen molar-refractivity contribution in [2.45, 2.75) is 25.3 Å². The third-order valence-electron chi connectivity index (χ3n) is 5.44. The molecule has 1 aromatic carbocycles. The summed E-state index contributed by atoms with van der Waals surface area (Å²) in [6.45, 7) is 2.43. The fourth-order valence-electron chi connectivity index (χ4n) is 3.93. The molecule has 2 N–H and O–H groups in total. The van der Waals surface area contributed by atoms with Gasteiger partial charge in [0.2, 0.25) is 11.8 Å². The van der Waals surface area contributed by atoms with Crippen LogP contribution in [0.5, 0.6) is 0 Å². The minimum atomic E-state index is -0.460. The van der Waals surface area contributed by atoms with Gasteiger partial charge in [-0.3, -0.25) is 14.5 Å². The smallest absolute Gasteiger partial charge is 0.410 e. The lowest BCUT2D eigenvalue weighted by Gasteiger charge is -2.22. The molecule has 2 heterocycles. The fourth-order valence-corrected chi connectivity index (χ4v) is 3.93. The van der Waals surface area contributed by atoms with E-state index in [1.54, 1.807) is 6.07 Å². The molecule has 0 saturated carbocycles. The van der Waals surface area contributed by atoms with Crippen LogP contribution in [0.3, 0.4) is 0 Å². The first-order chi connectivity index (χ1) is 14.4. The molecule has 164 valence electrons. The van der Waals surface area contributed by atoms with Crippen LogP contribution in [0, 0.1) is 11.7 Å². The van der Waals surface area contributed by atoms with Crippen molar-refractivity contribution in [3.63, 3.8) is 0 Å². The van der Waals surface area contributed by atoms with Crippen molar-refractivity contribution >= 4 is 17.9 Å². The SMILES string of the molecule is CN1C[C@@H](NC(=O)CN2CCOC2=O)CC[C@@H](C(=O)NCCc2cccc(F)c2)C1. The van der Waals surface area contributed by atoms with E-state index in [4.69, 9.17) is 4.74 Å². The van der Waals surface area contributed by atoms with Crippen LogP contribution in [0.25, 0.3) is 0 Å². The Morgan fingerprint density at radius 1 is 1.27 bits per heavy atom. The predicted molar refractivity (Wildman–Crippen MR) is 108 cm³/mol. The number of nitrogens with zero attached hydrogens (tertiary/aromatic N) is 2. The van der Waals surface area contributed by atoms with Crippen molar-refractivity contribution in [2.75, 3.05) is 46.4 Å². The summed E-state index contributed by atoms with van der Waals surface area (Å²) in [5.41, 5.74) is 0.845. The van der Waals surface area contributed by atoms with E-state index in [-0.39, 0.29) is 36.1 Å². The third-order valence-corrected chi connectivity index (χ3v) is 5.44. The topological polar surface area (TPSA) is 91.0 Å². The highest BCUT2D eigenvalue weighted by Crippen LogP contribution is 2.16. The lowest BCUT2D eigenvalue weighted by molar-refractivity contribution is -0.125. The van der Waals surface area contributed by atoms with Crippen molar-refractivity contribution in [3.8, 4) is 0 Å². The number of halogens is 1. The van der Waals surface area contributed by atoms with Gasteiger partial charge in [-0.25, -0.2) is 9.18 Å². The van der Waals surface area contributed by atoms with Crippen LogP contribution in [0.4, 0.5) is 9.18 Å². The molecule has 8 nitrogen and oxygen atoms in total. The quantitative estimate of drug-likeness (QED) is 0.680. The molecule has 0 unspecified atom stereocenters. The van der Waals surface area contributed by atoms with E-state index in [0.29, 0.717) is 52.0 Å². The van der Waals surface area contributed by atoms with Crippen molar-refractivity contribution in [2.24, 2.45) is 5.92 Å². The van der Waals surface area contributed by atoms with Crippen LogP contribution in [-0.2, 0) is 20.7 Å². The van der Waals surface area contributed by atoms with Crippen LogP contribution < -0.4 is 10.6 Å². The number of carbonyl (C=O) groups excluding carboxylic acids is 3. The number of ether oxygens (including phenoxy) is 1. The van der Waals surface area contributed by atoms with Gasteiger partial charge in [0.1, 0.15) is 19.0 Å². The van der Waals surface area contributed by atoms with Gasteiger partial charge in [-0.05, 0) is 44.0 Å². The summed E-state index contributed by atoms with van der Waals surface area (Å²) in [4.78, 5) is 39.7. The van der Waals surface area contributed by atoms with Crippen molar-refractivity contribution in [3.05, 3.63) is 35.6 Å². The number of benzene rings is 1. The Morgan fingerprint density at radius 3 is 2.83 bits per heavy atom. The number of hydrogen-bond acceptors (Lipinski definition) is 5. The monoisotopic (exact) mass is 420 g/mol. The average molecular weight is 420 g/mol. The Labute approximate surface area is 175 Å². The molecule has 2 aliphatic heterocycles. The highest BCUT2D eigenvalue weighted by Gasteiger charge is 2.29. The van der Waals surface area contributed by atoms with Crippen LogP contribution in [-0.4, -0.2) is 80.1 Å². The van der Waals surface area contributed by atoms with Crippen molar-refractivity contribution in [1.29, 1.82) is 0 Å². The summed E-state index contributed by atoms with van der Waals surface area (Å²) in [5, 5.41) is 5.91. The number of cyclic esters (lactones) is 1. The minimum Gasteiger partial charge on any atom is -0.448 e. The maximum absolute atomic E-state index is 13.2. The Kier molecular flexibility index (Phi) is 7.62. The zero-order valence-corrected chi connectivity index (χ0v) is 17.2. The maximum Gasteiger partial charge on any atom is 0.410 e. The van der Waals surface area contributed by atoms with Gasteiger partial charge < -0.3 is 20.3 Å². The van der Waals surface area contributed by atoms with E-state index in [1.165, 1.54) is 17.0 Å². The predicted octanol–water partition coefficient (Wildman–Crippen LogP) is 0.763. The number of rotatable bonds is 7. The lowest BCUT2D eigenvalue weighted by atomic mass is 10.0. The second-order valence-electron chi connectivity index (χ2n) is 7.97. The van der Waals surface area contributed by atoms with Gasteiger partial charge in [0, 0.05) is 25.7 Å². The van der Waals surface area contributed by atoms with Crippen molar-refractivity contribution < 1.29 is 23.5 Å². The van der Waals surface area contributed by atoms with Crippen LogP contribution in [0.1, 0.15) is 18.4 Å². The summed E-state index contributed by atoms with van der Waals surface area (Å²) in [6.07, 6.45) is 1.46. The Balaban J connectivity index is 1.42. The van der Waals surface area contributed by atoms with Gasteiger partial charge in [-0.15, -0.1) is 0 Å². The molecule has 0 spiro atoms. The Hall–Kier alpha value is -2.68. The molecule has 3 amide bonds. The molecular formula is C21H29FN4O4. The standard InChI is InChI=1S/C21H29FN4O4/c1-25-12-16(20(28)23-8-7-15-3-2-4-17(22)11-15)5-6-18(13-25)24-19(27)14-26-9-10-30-21(26)29/h2-4,11,16,18H,5-10,12-14H2,1H3,(H,23,28)(H,24,27)/t16-,18+/m1/s1. The number of hydrogen-bond donors (Lipinski definition) is 2. The number of carbonyl (C=O) groups is 3. The first-order valence-corrected chi connectivity index (χ1v) is 10.3. The van der Waals surface area contributed by atoms with Gasteiger partial charge in [0.05, 0.1) is 12.5 Å². The molecule has 3 rings (SSSR count). The molecule has 30 heavy (non-hydrogen) atoms. The minimum absolute atomic E-state index is 0.0109. The summed E-state index contributed by atoms with van der Waals surface area (Å²) in [6, 6.07) is 6.29. The van der Waals surface area contributed by atoms with Gasteiger partial charge in [0.15, 0.2) is 0 Å². The Morgan fingerprint density at radius 2 is 2.10 bits per heavy atom. The number of nitrogens with one attached hydrogen (secondary N) is 2. The van der Waals surface area contributed by atoms with E-state index in [2.05, 4.69) is 10.6 Å². The lowest BCUT2D eigenvalue weighted by Crippen LogP contribution is -2.46. The van der Waals surface area contributed by atoms with Gasteiger partial charge >= 0.3 is 6.09 Å². The number of amides is 3. The molecule has 2 atom stereocenters. The first kappa shape index (κ1) is 22.0. The normalized spacial score (nSPS) is 22.3.